The largest absolute Gasteiger partial charge is 0.480 e. The van der Waals surface area contributed by atoms with Crippen LogP contribution in [0.1, 0.15) is 40.0 Å². The van der Waals surface area contributed by atoms with Gasteiger partial charge in [-0.2, -0.15) is 0 Å². The minimum absolute atomic E-state index is 0.0874. The Balaban J connectivity index is 5.57. The van der Waals surface area contributed by atoms with Gasteiger partial charge in [-0.05, 0) is 25.7 Å². The first-order valence-electron chi connectivity index (χ1n) is 10.6. The van der Waals surface area contributed by atoms with Crippen LogP contribution in [0, 0.1) is 5.92 Å². The number of aliphatic hydroxyl groups is 2. The van der Waals surface area contributed by atoms with Gasteiger partial charge in [0.25, 0.3) is 0 Å². The third kappa shape index (κ3) is 10.9. The van der Waals surface area contributed by atoms with Crippen LogP contribution in [0.5, 0.6) is 0 Å². The van der Waals surface area contributed by atoms with Crippen LogP contribution >= 0.6 is 0 Å². The number of aliphatic imine (C=N–C) groups is 1. The van der Waals surface area contributed by atoms with Crippen molar-refractivity contribution >= 4 is 29.7 Å². The van der Waals surface area contributed by atoms with Crippen molar-refractivity contribution in [2.24, 2.45) is 28.1 Å². The molecule has 0 saturated heterocycles. The topological polar surface area (TPSA) is 255 Å². The predicted molar refractivity (Wildman–Crippen MR) is 120 cm³/mol. The molecule has 6 atom stereocenters. The number of nitrogens with two attached hydrogens (primary N) is 3. The SMILES string of the molecule is CCC(C)C(NC(=O)C(CCCN=C(N)N)NC(=O)C(N)C(C)O)C(=O)NC(CO)C(=O)O. The third-order valence-electron chi connectivity index (χ3n) is 4.99. The summed E-state index contributed by atoms with van der Waals surface area (Å²) in [4.78, 5) is 52.8. The lowest BCUT2D eigenvalue weighted by atomic mass is 9.97. The van der Waals surface area contributed by atoms with E-state index in [1.165, 1.54) is 6.92 Å². The number of aliphatic carboxylic acids is 1. The van der Waals surface area contributed by atoms with Gasteiger partial charge < -0.3 is 48.5 Å². The average molecular weight is 476 g/mol. The molecular formula is C19H37N7O7. The molecule has 0 radical (unpaired) electrons. The minimum Gasteiger partial charge on any atom is -0.480 e. The molecule has 0 aromatic carbocycles. The molecule has 0 spiro atoms. The fourth-order valence-electron chi connectivity index (χ4n) is 2.66. The lowest BCUT2D eigenvalue weighted by Crippen LogP contribution is -2.59. The number of hydrogen-bond donors (Lipinski definition) is 9. The van der Waals surface area contributed by atoms with E-state index in [4.69, 9.17) is 27.4 Å². The van der Waals surface area contributed by atoms with E-state index in [2.05, 4.69) is 20.9 Å². The number of carboxylic acids is 1. The molecule has 12 N–H and O–H groups in total. The molecule has 0 rings (SSSR count). The molecule has 0 aliphatic carbocycles. The Morgan fingerprint density at radius 1 is 0.970 bits per heavy atom. The van der Waals surface area contributed by atoms with Crippen molar-refractivity contribution in [1.82, 2.24) is 16.0 Å². The summed E-state index contributed by atoms with van der Waals surface area (Å²) in [5, 5.41) is 34.9. The molecule has 0 heterocycles. The van der Waals surface area contributed by atoms with Crippen LogP contribution in [0.25, 0.3) is 0 Å². The Labute approximate surface area is 192 Å². The van der Waals surface area contributed by atoms with Gasteiger partial charge in [0.2, 0.25) is 17.7 Å². The van der Waals surface area contributed by atoms with Crippen LogP contribution in [-0.4, -0.2) is 88.4 Å². The summed E-state index contributed by atoms with van der Waals surface area (Å²) in [5.41, 5.74) is 16.2. The minimum atomic E-state index is -1.54. The maximum atomic E-state index is 13.0. The van der Waals surface area contributed by atoms with Gasteiger partial charge in [0.15, 0.2) is 5.96 Å². The number of hydrogen-bond acceptors (Lipinski definition) is 8. The van der Waals surface area contributed by atoms with Gasteiger partial charge >= 0.3 is 5.97 Å². The summed E-state index contributed by atoms with van der Waals surface area (Å²) in [5.74, 6) is -4.27. The molecule has 33 heavy (non-hydrogen) atoms. The number of guanidine groups is 1. The Hall–Kier alpha value is -2.97. The van der Waals surface area contributed by atoms with E-state index < -0.39 is 66.5 Å². The average Bonchev–Trinajstić information content (AvgIpc) is 2.75. The van der Waals surface area contributed by atoms with E-state index in [1.807, 2.05) is 0 Å². The van der Waals surface area contributed by atoms with Crippen LogP contribution < -0.4 is 33.2 Å². The van der Waals surface area contributed by atoms with Gasteiger partial charge in [0, 0.05) is 6.54 Å². The van der Waals surface area contributed by atoms with Crippen molar-refractivity contribution in [2.45, 2.75) is 70.3 Å². The Bertz CT molecular complexity index is 698. The van der Waals surface area contributed by atoms with E-state index >= 15 is 0 Å². The van der Waals surface area contributed by atoms with Gasteiger partial charge in [-0.3, -0.25) is 19.4 Å². The predicted octanol–water partition coefficient (Wildman–Crippen LogP) is -3.67. The Morgan fingerprint density at radius 2 is 1.55 bits per heavy atom. The van der Waals surface area contributed by atoms with E-state index in [9.17, 15) is 24.3 Å². The quantitative estimate of drug-likeness (QED) is 0.0636. The van der Waals surface area contributed by atoms with Crippen LogP contribution in [0.15, 0.2) is 4.99 Å². The highest BCUT2D eigenvalue weighted by Crippen LogP contribution is 2.10. The smallest absolute Gasteiger partial charge is 0.328 e. The monoisotopic (exact) mass is 475 g/mol. The van der Waals surface area contributed by atoms with E-state index in [0.29, 0.717) is 12.8 Å². The molecule has 0 aromatic heterocycles. The highest BCUT2D eigenvalue weighted by molar-refractivity contribution is 5.94. The molecule has 0 saturated carbocycles. The van der Waals surface area contributed by atoms with Gasteiger partial charge in [0.1, 0.15) is 24.2 Å². The van der Waals surface area contributed by atoms with Crippen LogP contribution in [0.4, 0.5) is 0 Å². The third-order valence-corrected chi connectivity index (χ3v) is 4.99. The second-order valence-electron chi connectivity index (χ2n) is 7.73. The number of nitrogens with zero attached hydrogens (tertiary/aromatic N) is 1. The highest BCUT2D eigenvalue weighted by atomic mass is 16.4. The van der Waals surface area contributed by atoms with Crippen molar-refractivity contribution in [1.29, 1.82) is 0 Å². The van der Waals surface area contributed by atoms with Crippen molar-refractivity contribution in [2.75, 3.05) is 13.2 Å². The number of carbonyl (C=O) groups excluding carboxylic acids is 3. The zero-order chi connectivity index (χ0) is 25.7. The van der Waals surface area contributed by atoms with Crippen LogP contribution in [-0.2, 0) is 19.2 Å². The summed E-state index contributed by atoms with van der Waals surface area (Å²) < 4.78 is 0. The van der Waals surface area contributed by atoms with Crippen molar-refractivity contribution in [3.05, 3.63) is 0 Å². The Morgan fingerprint density at radius 3 is 2.00 bits per heavy atom. The molecule has 190 valence electrons. The van der Waals surface area contributed by atoms with Crippen molar-refractivity contribution < 1.29 is 34.5 Å². The number of carbonyl (C=O) groups is 4. The lowest BCUT2D eigenvalue weighted by molar-refractivity contribution is -0.143. The molecular weight excluding hydrogens is 438 g/mol. The first-order valence-corrected chi connectivity index (χ1v) is 10.6. The number of nitrogens with one attached hydrogen (secondary N) is 3. The van der Waals surface area contributed by atoms with E-state index in [0.717, 1.165) is 0 Å². The zero-order valence-corrected chi connectivity index (χ0v) is 19.2. The Kier molecular flexibility index (Phi) is 13.6. The first kappa shape index (κ1) is 30.0. The summed E-state index contributed by atoms with van der Waals surface area (Å²) in [6.45, 7) is 4.11. The second-order valence-corrected chi connectivity index (χ2v) is 7.73. The maximum Gasteiger partial charge on any atom is 0.328 e. The molecule has 0 aromatic rings. The van der Waals surface area contributed by atoms with Gasteiger partial charge in [-0.15, -0.1) is 0 Å². The normalized spacial score (nSPS) is 16.3. The van der Waals surface area contributed by atoms with Gasteiger partial charge in [-0.1, -0.05) is 20.3 Å². The van der Waals surface area contributed by atoms with Crippen LogP contribution in [0.2, 0.25) is 0 Å². The number of carboxylic acid groups (broad SMARTS) is 1. The summed E-state index contributed by atoms with van der Waals surface area (Å²) in [6.07, 6.45) is -0.319. The van der Waals surface area contributed by atoms with Crippen LogP contribution in [0.3, 0.4) is 0 Å². The number of aliphatic hydroxyl groups excluding tert-OH is 2. The number of rotatable bonds is 15. The standard InChI is InChI=1S/C19H37N7O7/c1-4-9(2)14(17(31)25-12(8-27)18(32)33)26-15(29)11(6-5-7-23-19(21)22)24-16(30)13(20)10(3)28/h9-14,27-28H,4-8,20H2,1-3H3,(H,24,30)(H,25,31)(H,26,29)(H,32,33)(H4,21,22,23). The number of amides is 3. The van der Waals surface area contributed by atoms with E-state index in [1.54, 1.807) is 13.8 Å². The molecule has 3 amide bonds. The second kappa shape index (κ2) is 15.0. The fourth-order valence-corrected chi connectivity index (χ4v) is 2.66. The van der Waals surface area contributed by atoms with Crippen molar-refractivity contribution in [3.8, 4) is 0 Å². The zero-order valence-electron chi connectivity index (χ0n) is 19.2. The summed E-state index contributed by atoms with van der Waals surface area (Å²) in [7, 11) is 0. The molecule has 14 nitrogen and oxygen atoms in total. The fraction of sp³-hybridized carbons (Fsp3) is 0.737. The summed E-state index contributed by atoms with van der Waals surface area (Å²) >= 11 is 0. The molecule has 14 heteroatoms. The van der Waals surface area contributed by atoms with E-state index in [-0.39, 0.29) is 18.9 Å². The van der Waals surface area contributed by atoms with Crippen molar-refractivity contribution in [3.63, 3.8) is 0 Å². The molecule has 0 fully saturated rings. The summed E-state index contributed by atoms with van der Waals surface area (Å²) in [6, 6.07) is -5.10. The maximum absolute atomic E-state index is 13.0. The molecule has 0 bridgehead atoms. The molecule has 6 unspecified atom stereocenters. The highest BCUT2D eigenvalue weighted by Gasteiger charge is 2.32. The van der Waals surface area contributed by atoms with Gasteiger partial charge in [0.05, 0.1) is 12.7 Å². The lowest BCUT2D eigenvalue weighted by Gasteiger charge is -2.28. The van der Waals surface area contributed by atoms with Gasteiger partial charge in [-0.25, -0.2) is 4.79 Å². The first-order chi connectivity index (χ1) is 15.3. The molecule has 0 aliphatic heterocycles. The molecule has 0 aliphatic rings.